The maximum atomic E-state index is 12.5. The molecule has 0 aromatic heterocycles. The number of carbonyl (C=O) groups excluding carboxylic acids is 2. The Kier molecular flexibility index (Phi) is 6.36. The van der Waals surface area contributed by atoms with E-state index in [1.54, 1.807) is 18.2 Å². The molecule has 0 bridgehead atoms. The highest BCUT2D eigenvalue weighted by Gasteiger charge is 2.32. The Labute approximate surface area is 160 Å². The molecular formula is C17H14Cl2N2O3S. The molecule has 1 aliphatic heterocycles. The van der Waals surface area contributed by atoms with Gasteiger partial charge in [0, 0.05) is 6.54 Å². The second kappa shape index (κ2) is 8.29. The summed E-state index contributed by atoms with van der Waals surface area (Å²) in [7, 11) is 0. The Bertz CT molecular complexity index is 782. The molecule has 130 valence electrons. The van der Waals surface area contributed by atoms with Gasteiger partial charge in [-0.15, -0.1) is 6.58 Å². The number of thiocarbonyl (C=S) groups is 1. The Hall–Kier alpha value is -2.15. The topological polar surface area (TPSA) is 58.6 Å². The molecule has 0 unspecified atom stereocenters. The summed E-state index contributed by atoms with van der Waals surface area (Å²) in [6, 6.07) is 3.09. The highest BCUT2D eigenvalue weighted by Crippen LogP contribution is 2.35. The van der Waals surface area contributed by atoms with E-state index in [4.69, 9.17) is 40.2 Å². The number of benzene rings is 1. The lowest BCUT2D eigenvalue weighted by Gasteiger charge is -2.27. The number of amides is 2. The molecular weight excluding hydrogens is 383 g/mol. The second-order valence-corrected chi connectivity index (χ2v) is 6.14. The Balaban J connectivity index is 2.39. The molecule has 1 heterocycles. The molecule has 1 N–H and O–H groups in total. The number of nitrogens with zero attached hydrogens (tertiary/aromatic N) is 1. The number of rotatable bonds is 6. The zero-order valence-electron chi connectivity index (χ0n) is 13.1. The summed E-state index contributed by atoms with van der Waals surface area (Å²) < 4.78 is 5.38. The lowest BCUT2D eigenvalue weighted by molar-refractivity contribution is -0.128. The van der Waals surface area contributed by atoms with Crippen LogP contribution in [-0.2, 0) is 9.59 Å². The summed E-state index contributed by atoms with van der Waals surface area (Å²) >= 11 is 17.3. The summed E-state index contributed by atoms with van der Waals surface area (Å²) in [5.74, 6) is -0.804. The van der Waals surface area contributed by atoms with E-state index in [9.17, 15) is 9.59 Å². The van der Waals surface area contributed by atoms with Gasteiger partial charge in [-0.05, 0) is 36.0 Å². The Morgan fingerprint density at radius 1 is 1.20 bits per heavy atom. The molecule has 0 radical (unpaired) electrons. The van der Waals surface area contributed by atoms with Gasteiger partial charge in [-0.1, -0.05) is 41.9 Å². The minimum atomic E-state index is -0.588. The van der Waals surface area contributed by atoms with E-state index < -0.39 is 11.8 Å². The molecule has 1 aromatic rings. The SMILES string of the molecule is C=CCOc1c(Cl)cc(/C=C2\C(=O)NC(=S)N(CC=C)C2=O)cc1Cl. The molecule has 0 aliphatic carbocycles. The van der Waals surface area contributed by atoms with Crippen LogP contribution in [0.4, 0.5) is 0 Å². The van der Waals surface area contributed by atoms with E-state index in [1.807, 2.05) is 0 Å². The van der Waals surface area contributed by atoms with Crippen molar-refractivity contribution in [1.82, 2.24) is 10.2 Å². The minimum Gasteiger partial charge on any atom is -0.486 e. The van der Waals surface area contributed by atoms with E-state index >= 15 is 0 Å². The summed E-state index contributed by atoms with van der Waals surface area (Å²) in [4.78, 5) is 25.8. The number of hydrogen-bond acceptors (Lipinski definition) is 4. The van der Waals surface area contributed by atoms with Gasteiger partial charge in [0.05, 0.1) is 10.0 Å². The number of halogens is 2. The third kappa shape index (κ3) is 4.28. The van der Waals surface area contributed by atoms with Crippen LogP contribution in [0.2, 0.25) is 10.0 Å². The standard InChI is InChI=1S/C17H14Cl2N2O3S/c1-3-5-21-16(23)11(15(22)20-17(21)25)7-10-8-12(18)14(13(19)9-10)24-6-4-2/h3-4,7-9H,1-2,5-6H2,(H,20,22,25)/b11-7+. The molecule has 2 rings (SSSR count). The van der Waals surface area contributed by atoms with Gasteiger partial charge in [0.15, 0.2) is 10.9 Å². The Morgan fingerprint density at radius 3 is 2.40 bits per heavy atom. The Morgan fingerprint density at radius 2 is 1.84 bits per heavy atom. The second-order valence-electron chi connectivity index (χ2n) is 4.94. The molecule has 1 fully saturated rings. The summed E-state index contributed by atoms with van der Waals surface area (Å²) in [6.07, 6.45) is 4.47. The van der Waals surface area contributed by atoms with Crippen molar-refractivity contribution < 1.29 is 14.3 Å². The van der Waals surface area contributed by atoms with Crippen molar-refractivity contribution in [2.45, 2.75) is 0 Å². The summed E-state index contributed by atoms with van der Waals surface area (Å²) in [5, 5.41) is 3.01. The highest BCUT2D eigenvalue weighted by molar-refractivity contribution is 7.80. The molecule has 8 heteroatoms. The maximum Gasteiger partial charge on any atom is 0.265 e. The van der Waals surface area contributed by atoms with Crippen molar-refractivity contribution in [3.05, 3.63) is 58.6 Å². The third-order valence-electron chi connectivity index (χ3n) is 3.17. The van der Waals surface area contributed by atoms with Crippen LogP contribution in [0.5, 0.6) is 5.75 Å². The number of carbonyl (C=O) groups is 2. The largest absolute Gasteiger partial charge is 0.486 e. The van der Waals surface area contributed by atoms with Crippen LogP contribution in [0.3, 0.4) is 0 Å². The van der Waals surface area contributed by atoms with Crippen LogP contribution in [0.1, 0.15) is 5.56 Å². The molecule has 1 aliphatic rings. The molecule has 25 heavy (non-hydrogen) atoms. The van der Waals surface area contributed by atoms with Crippen LogP contribution in [0.15, 0.2) is 43.0 Å². The van der Waals surface area contributed by atoms with Crippen LogP contribution >= 0.6 is 35.4 Å². The monoisotopic (exact) mass is 396 g/mol. The molecule has 0 atom stereocenters. The average molecular weight is 397 g/mol. The minimum absolute atomic E-state index is 0.0382. The van der Waals surface area contributed by atoms with Crippen molar-refractivity contribution >= 4 is 58.4 Å². The molecule has 0 saturated carbocycles. The van der Waals surface area contributed by atoms with Gasteiger partial charge < -0.3 is 4.74 Å². The highest BCUT2D eigenvalue weighted by atomic mass is 35.5. The van der Waals surface area contributed by atoms with Gasteiger partial charge in [-0.25, -0.2) is 0 Å². The fraction of sp³-hybridized carbons (Fsp3) is 0.118. The summed E-state index contributed by atoms with van der Waals surface area (Å²) in [6.45, 7) is 7.55. The van der Waals surface area contributed by atoms with Gasteiger partial charge >= 0.3 is 0 Å². The predicted octanol–water partition coefficient (Wildman–Crippen LogP) is 3.37. The van der Waals surface area contributed by atoms with E-state index in [1.165, 1.54) is 17.1 Å². The first-order chi connectivity index (χ1) is 11.9. The van der Waals surface area contributed by atoms with Gasteiger partial charge in [0.2, 0.25) is 0 Å². The first-order valence-corrected chi connectivity index (χ1v) is 8.28. The maximum absolute atomic E-state index is 12.5. The molecule has 5 nitrogen and oxygen atoms in total. The third-order valence-corrected chi connectivity index (χ3v) is 4.06. The lowest BCUT2D eigenvalue weighted by Crippen LogP contribution is -2.53. The first kappa shape index (κ1) is 19.2. The quantitative estimate of drug-likeness (QED) is 0.346. The van der Waals surface area contributed by atoms with Crippen molar-refractivity contribution in [2.75, 3.05) is 13.2 Å². The van der Waals surface area contributed by atoms with E-state index in [2.05, 4.69) is 18.5 Å². The van der Waals surface area contributed by atoms with Crippen LogP contribution in [0, 0.1) is 0 Å². The fourth-order valence-corrected chi connectivity index (χ4v) is 2.96. The van der Waals surface area contributed by atoms with E-state index in [0.717, 1.165) is 0 Å². The van der Waals surface area contributed by atoms with Crippen molar-refractivity contribution in [1.29, 1.82) is 0 Å². The van der Waals surface area contributed by atoms with Gasteiger partial charge in [-0.3, -0.25) is 19.8 Å². The van der Waals surface area contributed by atoms with E-state index in [-0.39, 0.29) is 33.9 Å². The first-order valence-electron chi connectivity index (χ1n) is 7.11. The van der Waals surface area contributed by atoms with Gasteiger partial charge in [0.25, 0.3) is 11.8 Å². The van der Waals surface area contributed by atoms with Gasteiger partial charge in [0.1, 0.15) is 12.2 Å². The van der Waals surface area contributed by atoms with E-state index in [0.29, 0.717) is 11.3 Å². The smallest absolute Gasteiger partial charge is 0.265 e. The normalized spacial score (nSPS) is 16.0. The van der Waals surface area contributed by atoms with Crippen molar-refractivity contribution in [2.24, 2.45) is 0 Å². The molecule has 1 saturated heterocycles. The van der Waals surface area contributed by atoms with Crippen LogP contribution in [0.25, 0.3) is 6.08 Å². The van der Waals surface area contributed by atoms with Crippen molar-refractivity contribution in [3.8, 4) is 5.75 Å². The number of nitrogens with one attached hydrogen (secondary N) is 1. The van der Waals surface area contributed by atoms with Crippen LogP contribution in [-0.4, -0.2) is 35.0 Å². The molecule has 0 spiro atoms. The predicted molar refractivity (Wildman–Crippen MR) is 103 cm³/mol. The average Bonchev–Trinajstić information content (AvgIpc) is 2.55. The zero-order valence-corrected chi connectivity index (χ0v) is 15.4. The van der Waals surface area contributed by atoms with Crippen LogP contribution < -0.4 is 10.1 Å². The number of hydrogen-bond donors (Lipinski definition) is 1. The summed E-state index contributed by atoms with van der Waals surface area (Å²) in [5.41, 5.74) is 0.396. The fourth-order valence-electron chi connectivity index (χ4n) is 2.10. The van der Waals surface area contributed by atoms with Crippen molar-refractivity contribution in [3.63, 3.8) is 0 Å². The molecule has 1 aromatic carbocycles. The molecule has 2 amide bonds. The number of ether oxygens (including phenoxy) is 1. The van der Waals surface area contributed by atoms with Gasteiger partial charge in [-0.2, -0.15) is 0 Å². The zero-order chi connectivity index (χ0) is 18.6. The lowest BCUT2D eigenvalue weighted by atomic mass is 10.1.